The molecule has 0 radical (unpaired) electrons. The molecular weight excluding hydrogens is 332 g/mol. The quantitative estimate of drug-likeness (QED) is 0.789. The van der Waals surface area contributed by atoms with Crippen molar-refractivity contribution in [3.8, 4) is 5.75 Å². The highest BCUT2D eigenvalue weighted by molar-refractivity contribution is 5.71. The summed E-state index contributed by atoms with van der Waals surface area (Å²) in [6.45, 7) is -0.284. The standard InChI is InChI=1S/C21H26O5/c22-20(23)12-25-19-3-1-2-14-10-17-13(4-5-15(17)11-18(14)19)6-7-16-8-9-21(24)26-16/h1-3,13,15-17H,4-12H2,(H,22,23). The summed E-state index contributed by atoms with van der Waals surface area (Å²) in [7, 11) is 0. The number of benzene rings is 1. The van der Waals surface area contributed by atoms with Crippen LogP contribution in [0.2, 0.25) is 0 Å². The number of carboxylic acid groups (broad SMARTS) is 1. The Balaban J connectivity index is 1.41. The molecule has 1 saturated heterocycles. The predicted molar refractivity (Wildman–Crippen MR) is 95.0 cm³/mol. The van der Waals surface area contributed by atoms with E-state index < -0.39 is 5.97 Å². The fraction of sp³-hybridized carbons (Fsp3) is 0.619. The van der Waals surface area contributed by atoms with E-state index in [1.165, 1.54) is 24.0 Å². The molecular formula is C21H26O5. The van der Waals surface area contributed by atoms with Gasteiger partial charge < -0.3 is 14.6 Å². The number of hydrogen-bond donors (Lipinski definition) is 1. The first-order chi connectivity index (χ1) is 12.6. The summed E-state index contributed by atoms with van der Waals surface area (Å²) < 4.78 is 10.9. The van der Waals surface area contributed by atoms with Crippen LogP contribution in [0, 0.1) is 17.8 Å². The topological polar surface area (TPSA) is 72.8 Å². The fourth-order valence-corrected chi connectivity index (χ4v) is 5.20. The third kappa shape index (κ3) is 3.57. The third-order valence-corrected chi connectivity index (χ3v) is 6.45. The van der Waals surface area contributed by atoms with Crippen molar-refractivity contribution >= 4 is 11.9 Å². The van der Waals surface area contributed by atoms with Crippen LogP contribution in [0.5, 0.6) is 5.75 Å². The molecule has 2 aliphatic carbocycles. The summed E-state index contributed by atoms with van der Waals surface area (Å²) in [4.78, 5) is 22.1. The molecule has 4 rings (SSSR count). The van der Waals surface area contributed by atoms with Crippen molar-refractivity contribution in [1.29, 1.82) is 0 Å². The van der Waals surface area contributed by atoms with Crippen LogP contribution >= 0.6 is 0 Å². The Bertz CT molecular complexity index is 698. The van der Waals surface area contributed by atoms with Gasteiger partial charge in [-0.1, -0.05) is 12.1 Å². The van der Waals surface area contributed by atoms with Gasteiger partial charge in [0.25, 0.3) is 0 Å². The number of hydrogen-bond acceptors (Lipinski definition) is 4. The van der Waals surface area contributed by atoms with Crippen LogP contribution in [0.1, 0.15) is 49.7 Å². The van der Waals surface area contributed by atoms with E-state index in [1.807, 2.05) is 12.1 Å². The van der Waals surface area contributed by atoms with E-state index in [0.717, 1.165) is 37.9 Å². The minimum Gasteiger partial charge on any atom is -0.482 e. The normalized spacial score (nSPS) is 29.8. The van der Waals surface area contributed by atoms with Crippen molar-refractivity contribution in [2.75, 3.05) is 6.61 Å². The van der Waals surface area contributed by atoms with Gasteiger partial charge in [-0.15, -0.1) is 0 Å². The number of rotatable bonds is 6. The number of esters is 1. The summed E-state index contributed by atoms with van der Waals surface area (Å²) in [6.07, 6.45) is 8.25. The zero-order chi connectivity index (χ0) is 18.1. The van der Waals surface area contributed by atoms with Gasteiger partial charge in [0.1, 0.15) is 11.9 Å². The van der Waals surface area contributed by atoms with Gasteiger partial charge in [-0.2, -0.15) is 0 Å². The first-order valence-electron chi connectivity index (χ1n) is 9.75. The van der Waals surface area contributed by atoms with Gasteiger partial charge in [-0.25, -0.2) is 4.79 Å². The maximum absolute atomic E-state index is 11.3. The molecule has 4 atom stereocenters. The van der Waals surface area contributed by atoms with Crippen LogP contribution in [0.25, 0.3) is 0 Å². The van der Waals surface area contributed by atoms with Crippen LogP contribution in [0.3, 0.4) is 0 Å². The van der Waals surface area contributed by atoms with Crippen LogP contribution in [-0.4, -0.2) is 29.8 Å². The number of cyclic esters (lactones) is 1. The zero-order valence-corrected chi connectivity index (χ0v) is 15.0. The second-order valence-electron chi connectivity index (χ2n) is 7.97. The predicted octanol–water partition coefficient (Wildman–Crippen LogP) is 3.38. The van der Waals surface area contributed by atoms with Crippen LogP contribution in [-0.2, 0) is 27.2 Å². The summed E-state index contributed by atoms with van der Waals surface area (Å²) >= 11 is 0. The molecule has 1 aromatic carbocycles. The van der Waals surface area contributed by atoms with Gasteiger partial charge in [0.15, 0.2) is 6.61 Å². The molecule has 0 bridgehead atoms. The average Bonchev–Trinajstić information content (AvgIpc) is 3.21. The smallest absolute Gasteiger partial charge is 0.341 e. The van der Waals surface area contributed by atoms with Gasteiger partial charge in [0.2, 0.25) is 0 Å². The van der Waals surface area contributed by atoms with Crippen molar-refractivity contribution in [3.63, 3.8) is 0 Å². The number of ether oxygens (including phenoxy) is 2. The molecule has 5 nitrogen and oxygen atoms in total. The maximum Gasteiger partial charge on any atom is 0.341 e. The molecule has 2 fully saturated rings. The lowest BCUT2D eigenvalue weighted by Gasteiger charge is -2.32. The fourth-order valence-electron chi connectivity index (χ4n) is 5.20. The molecule has 0 amide bonds. The second kappa shape index (κ2) is 7.29. The number of carboxylic acids is 1. The van der Waals surface area contributed by atoms with Crippen LogP contribution in [0.15, 0.2) is 18.2 Å². The molecule has 0 spiro atoms. The molecule has 4 unspecified atom stereocenters. The van der Waals surface area contributed by atoms with E-state index in [4.69, 9.17) is 14.6 Å². The highest BCUT2D eigenvalue weighted by Crippen LogP contribution is 2.48. The van der Waals surface area contributed by atoms with Gasteiger partial charge in [0.05, 0.1) is 0 Å². The van der Waals surface area contributed by atoms with Gasteiger partial charge in [-0.3, -0.25) is 4.79 Å². The summed E-state index contributed by atoms with van der Waals surface area (Å²) in [5, 5.41) is 8.87. The van der Waals surface area contributed by atoms with Crippen molar-refractivity contribution in [2.24, 2.45) is 17.8 Å². The highest BCUT2D eigenvalue weighted by Gasteiger charge is 2.40. The summed E-state index contributed by atoms with van der Waals surface area (Å²) in [6, 6.07) is 6.02. The lowest BCUT2D eigenvalue weighted by Crippen LogP contribution is -2.26. The van der Waals surface area contributed by atoms with E-state index in [9.17, 15) is 9.59 Å². The Kier molecular flexibility index (Phi) is 4.88. The van der Waals surface area contributed by atoms with Gasteiger partial charge in [0, 0.05) is 6.42 Å². The van der Waals surface area contributed by atoms with Gasteiger partial charge in [-0.05, 0) is 79.9 Å². The Morgan fingerprint density at radius 1 is 1.19 bits per heavy atom. The third-order valence-electron chi connectivity index (χ3n) is 6.45. The molecule has 1 aliphatic heterocycles. The Hall–Kier alpha value is -2.04. The van der Waals surface area contributed by atoms with E-state index in [-0.39, 0.29) is 18.7 Å². The lowest BCUT2D eigenvalue weighted by molar-refractivity contribution is -0.142. The minimum absolute atomic E-state index is 0.0419. The van der Waals surface area contributed by atoms with E-state index in [2.05, 4.69) is 6.07 Å². The SMILES string of the molecule is O=C(O)COc1cccc2c1CC1CCC(CCC3CCC(=O)O3)C1C2. The maximum atomic E-state index is 11.3. The number of carbonyl (C=O) groups is 2. The Labute approximate surface area is 153 Å². The van der Waals surface area contributed by atoms with Crippen molar-refractivity contribution < 1.29 is 24.2 Å². The van der Waals surface area contributed by atoms with Crippen molar-refractivity contribution in [2.45, 2.75) is 57.5 Å². The molecule has 26 heavy (non-hydrogen) atoms. The first kappa shape index (κ1) is 17.4. The minimum atomic E-state index is -0.940. The van der Waals surface area contributed by atoms with E-state index >= 15 is 0 Å². The molecule has 5 heteroatoms. The molecule has 1 N–H and O–H groups in total. The molecule has 0 aromatic heterocycles. The average molecular weight is 358 g/mol. The van der Waals surface area contributed by atoms with E-state index in [1.54, 1.807) is 0 Å². The van der Waals surface area contributed by atoms with Crippen molar-refractivity contribution in [3.05, 3.63) is 29.3 Å². The Morgan fingerprint density at radius 3 is 2.85 bits per heavy atom. The molecule has 140 valence electrons. The number of carbonyl (C=O) groups excluding carboxylic acids is 1. The van der Waals surface area contributed by atoms with Gasteiger partial charge >= 0.3 is 11.9 Å². The molecule has 3 aliphatic rings. The summed E-state index contributed by atoms with van der Waals surface area (Å²) in [5.41, 5.74) is 2.52. The van der Waals surface area contributed by atoms with Crippen LogP contribution < -0.4 is 4.74 Å². The first-order valence-corrected chi connectivity index (χ1v) is 9.75. The number of fused-ring (bicyclic) bond motifs is 2. The summed E-state index contributed by atoms with van der Waals surface area (Å²) in [5.74, 6) is 1.81. The largest absolute Gasteiger partial charge is 0.482 e. The van der Waals surface area contributed by atoms with Crippen LogP contribution in [0.4, 0.5) is 0 Å². The monoisotopic (exact) mass is 358 g/mol. The van der Waals surface area contributed by atoms with Crippen molar-refractivity contribution in [1.82, 2.24) is 0 Å². The number of aliphatic carboxylic acids is 1. The lowest BCUT2D eigenvalue weighted by atomic mass is 9.73. The highest BCUT2D eigenvalue weighted by atomic mass is 16.5. The van der Waals surface area contributed by atoms with E-state index in [0.29, 0.717) is 24.2 Å². The molecule has 1 heterocycles. The zero-order valence-electron chi connectivity index (χ0n) is 15.0. The molecule has 1 aromatic rings. The molecule has 1 saturated carbocycles. The Morgan fingerprint density at radius 2 is 2.08 bits per heavy atom. The second-order valence-corrected chi connectivity index (χ2v) is 7.97.